The highest BCUT2D eigenvalue weighted by atomic mass is 16.2. The number of nitrogens with one attached hydrogen (secondary N) is 1. The van der Waals surface area contributed by atoms with Crippen LogP contribution >= 0.6 is 0 Å². The molecular weight excluding hydrogens is 240 g/mol. The van der Waals surface area contributed by atoms with Gasteiger partial charge in [0, 0.05) is 25.5 Å². The molecule has 19 heavy (non-hydrogen) atoms. The lowest BCUT2D eigenvalue weighted by Crippen LogP contribution is -2.48. The molecule has 102 valence electrons. The monoisotopic (exact) mass is 260 g/mol. The van der Waals surface area contributed by atoms with Gasteiger partial charge < -0.3 is 9.88 Å². The van der Waals surface area contributed by atoms with Crippen LogP contribution < -0.4 is 5.32 Å². The van der Waals surface area contributed by atoms with E-state index in [2.05, 4.69) is 23.3 Å². The summed E-state index contributed by atoms with van der Waals surface area (Å²) in [5.41, 5.74) is -0.746. The van der Waals surface area contributed by atoms with Gasteiger partial charge in [0.25, 0.3) is 0 Å². The number of aromatic nitrogens is 2. The standard InChI is InChI=1S/C14H20N4O/c1-12-8-14(9-12,10-15)13(19)17-4-2-3-6-18-7-5-16-11-18/h5,7,11-12H,2-4,6,8-9H2,1H3,(H,17,19). The highest BCUT2D eigenvalue weighted by Crippen LogP contribution is 2.44. The van der Waals surface area contributed by atoms with Gasteiger partial charge in [0.15, 0.2) is 0 Å². The Morgan fingerprint density at radius 2 is 2.37 bits per heavy atom. The molecule has 1 saturated carbocycles. The maximum absolute atomic E-state index is 12.0. The quantitative estimate of drug-likeness (QED) is 0.792. The van der Waals surface area contributed by atoms with Crippen molar-refractivity contribution in [1.82, 2.24) is 14.9 Å². The maximum atomic E-state index is 12.0. The summed E-state index contributed by atoms with van der Waals surface area (Å²) >= 11 is 0. The van der Waals surface area contributed by atoms with Crippen molar-refractivity contribution in [1.29, 1.82) is 5.26 Å². The summed E-state index contributed by atoms with van der Waals surface area (Å²) in [5.74, 6) is 0.405. The summed E-state index contributed by atoms with van der Waals surface area (Å²) in [6.07, 6.45) is 8.79. The number of nitrogens with zero attached hydrogens (tertiary/aromatic N) is 3. The highest BCUT2D eigenvalue weighted by Gasteiger charge is 2.48. The average molecular weight is 260 g/mol. The second kappa shape index (κ2) is 5.87. The number of aryl methyl sites for hydroxylation is 1. The first-order chi connectivity index (χ1) is 9.16. The minimum absolute atomic E-state index is 0.0873. The Morgan fingerprint density at radius 3 is 2.95 bits per heavy atom. The lowest BCUT2D eigenvalue weighted by Gasteiger charge is -2.39. The van der Waals surface area contributed by atoms with Gasteiger partial charge in [-0.05, 0) is 31.6 Å². The van der Waals surface area contributed by atoms with Crippen molar-refractivity contribution in [2.24, 2.45) is 11.3 Å². The van der Waals surface area contributed by atoms with Gasteiger partial charge in [-0.15, -0.1) is 0 Å². The Balaban J connectivity index is 1.63. The molecule has 0 unspecified atom stereocenters. The first kappa shape index (κ1) is 13.6. The van der Waals surface area contributed by atoms with Crippen LogP contribution in [0.2, 0.25) is 0 Å². The van der Waals surface area contributed by atoms with Crippen LogP contribution in [0.4, 0.5) is 0 Å². The predicted octanol–water partition coefficient (Wildman–Crippen LogP) is 1.72. The van der Waals surface area contributed by atoms with E-state index in [-0.39, 0.29) is 5.91 Å². The van der Waals surface area contributed by atoms with Gasteiger partial charge in [0.05, 0.1) is 12.4 Å². The van der Waals surface area contributed by atoms with Gasteiger partial charge >= 0.3 is 0 Å². The van der Waals surface area contributed by atoms with Crippen LogP contribution in [0.5, 0.6) is 0 Å². The van der Waals surface area contributed by atoms with Gasteiger partial charge in [-0.2, -0.15) is 5.26 Å². The molecule has 1 fully saturated rings. The topological polar surface area (TPSA) is 70.7 Å². The smallest absolute Gasteiger partial charge is 0.240 e. The van der Waals surface area contributed by atoms with E-state index in [0.717, 1.165) is 19.4 Å². The van der Waals surface area contributed by atoms with Gasteiger partial charge in [0.2, 0.25) is 5.91 Å². The number of carbonyl (C=O) groups excluding carboxylic acids is 1. The SMILES string of the molecule is CC1CC(C#N)(C(=O)NCCCCn2ccnc2)C1. The summed E-state index contributed by atoms with van der Waals surface area (Å²) in [6, 6.07) is 2.18. The van der Waals surface area contributed by atoms with Crippen LogP contribution in [0.25, 0.3) is 0 Å². The van der Waals surface area contributed by atoms with Crippen LogP contribution in [0.3, 0.4) is 0 Å². The zero-order valence-electron chi connectivity index (χ0n) is 11.3. The highest BCUT2D eigenvalue weighted by molar-refractivity contribution is 5.86. The number of carbonyl (C=O) groups is 1. The number of hydrogen-bond acceptors (Lipinski definition) is 3. The number of unbranched alkanes of at least 4 members (excludes halogenated alkanes) is 1. The van der Waals surface area contributed by atoms with E-state index in [1.807, 2.05) is 10.8 Å². The van der Waals surface area contributed by atoms with Gasteiger partial charge in [-0.3, -0.25) is 4.79 Å². The number of imidazole rings is 1. The van der Waals surface area contributed by atoms with E-state index in [4.69, 9.17) is 5.26 Å². The molecule has 1 aromatic heterocycles. The Bertz CT molecular complexity index is 454. The summed E-state index contributed by atoms with van der Waals surface area (Å²) in [6.45, 7) is 3.63. The fourth-order valence-electron chi connectivity index (χ4n) is 2.67. The molecule has 1 amide bonds. The van der Waals surface area contributed by atoms with Gasteiger partial charge in [-0.1, -0.05) is 6.92 Å². The molecule has 2 rings (SSSR count). The van der Waals surface area contributed by atoms with Crippen molar-refractivity contribution in [2.75, 3.05) is 6.54 Å². The van der Waals surface area contributed by atoms with Crippen LogP contribution in [0, 0.1) is 22.7 Å². The minimum Gasteiger partial charge on any atom is -0.355 e. The third kappa shape index (κ3) is 3.14. The van der Waals surface area contributed by atoms with Crippen molar-refractivity contribution in [3.8, 4) is 6.07 Å². The molecule has 0 radical (unpaired) electrons. The lowest BCUT2D eigenvalue weighted by molar-refractivity contribution is -0.133. The molecule has 0 saturated heterocycles. The van der Waals surface area contributed by atoms with E-state index in [9.17, 15) is 4.79 Å². The number of hydrogen-bond donors (Lipinski definition) is 1. The molecule has 5 heteroatoms. The van der Waals surface area contributed by atoms with Crippen LogP contribution in [0.1, 0.15) is 32.6 Å². The Morgan fingerprint density at radius 1 is 1.58 bits per heavy atom. The second-order valence-corrected chi connectivity index (χ2v) is 5.47. The zero-order valence-corrected chi connectivity index (χ0v) is 11.3. The van der Waals surface area contributed by atoms with E-state index in [1.165, 1.54) is 0 Å². The number of amides is 1. The molecule has 1 aliphatic carbocycles. The van der Waals surface area contributed by atoms with Crippen LogP contribution in [-0.4, -0.2) is 22.0 Å². The third-order valence-electron chi connectivity index (χ3n) is 3.73. The Kier molecular flexibility index (Phi) is 4.20. The Hall–Kier alpha value is -1.83. The number of rotatable bonds is 6. The molecule has 0 aliphatic heterocycles. The lowest BCUT2D eigenvalue weighted by atomic mass is 9.63. The van der Waals surface area contributed by atoms with E-state index in [0.29, 0.717) is 25.3 Å². The zero-order chi connectivity index (χ0) is 13.7. The molecule has 0 bridgehead atoms. The van der Waals surface area contributed by atoms with E-state index >= 15 is 0 Å². The molecule has 0 atom stereocenters. The largest absolute Gasteiger partial charge is 0.355 e. The first-order valence-electron chi connectivity index (χ1n) is 6.81. The fourth-order valence-corrected chi connectivity index (χ4v) is 2.67. The van der Waals surface area contributed by atoms with E-state index in [1.54, 1.807) is 12.5 Å². The van der Waals surface area contributed by atoms with Crippen molar-refractivity contribution in [2.45, 2.75) is 39.2 Å². The maximum Gasteiger partial charge on any atom is 0.240 e. The molecule has 5 nitrogen and oxygen atoms in total. The second-order valence-electron chi connectivity index (χ2n) is 5.47. The molecule has 1 N–H and O–H groups in total. The van der Waals surface area contributed by atoms with Crippen molar-refractivity contribution >= 4 is 5.91 Å². The molecular formula is C14H20N4O. The van der Waals surface area contributed by atoms with Gasteiger partial charge in [-0.25, -0.2) is 4.98 Å². The minimum atomic E-state index is -0.746. The van der Waals surface area contributed by atoms with Crippen LogP contribution in [0.15, 0.2) is 18.7 Å². The fraction of sp³-hybridized carbons (Fsp3) is 0.643. The molecule has 1 heterocycles. The molecule has 0 aromatic carbocycles. The molecule has 0 spiro atoms. The van der Waals surface area contributed by atoms with Gasteiger partial charge in [0.1, 0.15) is 5.41 Å². The van der Waals surface area contributed by atoms with E-state index < -0.39 is 5.41 Å². The van der Waals surface area contributed by atoms with Crippen molar-refractivity contribution in [3.05, 3.63) is 18.7 Å². The summed E-state index contributed by atoms with van der Waals surface area (Å²) in [7, 11) is 0. The van der Waals surface area contributed by atoms with Crippen LogP contribution in [-0.2, 0) is 11.3 Å². The normalized spacial score (nSPS) is 25.4. The summed E-state index contributed by atoms with van der Waals surface area (Å²) < 4.78 is 2.02. The summed E-state index contributed by atoms with van der Waals surface area (Å²) in [5, 5.41) is 12.0. The molecule has 1 aliphatic rings. The number of nitriles is 1. The third-order valence-corrected chi connectivity index (χ3v) is 3.73. The first-order valence-corrected chi connectivity index (χ1v) is 6.81. The molecule has 1 aromatic rings. The van der Waals surface area contributed by atoms with Crippen molar-refractivity contribution in [3.63, 3.8) is 0 Å². The predicted molar refractivity (Wildman–Crippen MR) is 70.9 cm³/mol. The summed E-state index contributed by atoms with van der Waals surface area (Å²) in [4.78, 5) is 15.9. The Labute approximate surface area is 113 Å². The average Bonchev–Trinajstić information content (AvgIpc) is 2.87. The van der Waals surface area contributed by atoms with Crippen molar-refractivity contribution < 1.29 is 4.79 Å².